The van der Waals surface area contributed by atoms with Gasteiger partial charge < -0.3 is 0 Å². The van der Waals surface area contributed by atoms with Crippen LogP contribution in [0, 0.1) is 0 Å². The Morgan fingerprint density at radius 1 is 0.200 bits per heavy atom. The fraction of sp³-hybridized carbons (Fsp3) is 0. The van der Waals surface area contributed by atoms with E-state index in [0.717, 1.165) is 78.4 Å². The van der Waals surface area contributed by atoms with Crippen LogP contribution in [0.1, 0.15) is 0 Å². The molecule has 4 nitrogen and oxygen atoms in total. The van der Waals surface area contributed by atoms with Crippen molar-refractivity contribution in [1.82, 2.24) is 19.9 Å². The van der Waals surface area contributed by atoms with Crippen molar-refractivity contribution in [3.05, 3.63) is 255 Å². The molecule has 4 heteroatoms. The van der Waals surface area contributed by atoms with Gasteiger partial charge in [-0.1, -0.05) is 218 Å². The number of hydrogen-bond acceptors (Lipinski definition) is 4. The topological polar surface area (TPSA) is 51.6 Å². The highest BCUT2D eigenvalue weighted by molar-refractivity contribution is 6.22. The van der Waals surface area contributed by atoms with Gasteiger partial charge in [0.1, 0.15) is 0 Å². The van der Waals surface area contributed by atoms with E-state index in [1.165, 1.54) is 44.2 Å². The average molecular weight is 891 g/mol. The van der Waals surface area contributed by atoms with Crippen molar-refractivity contribution in [2.75, 3.05) is 0 Å². The molecule has 0 atom stereocenters. The molecule has 0 saturated heterocycles. The van der Waals surface area contributed by atoms with Gasteiger partial charge in [-0.2, -0.15) is 0 Å². The van der Waals surface area contributed by atoms with Gasteiger partial charge in [0.2, 0.25) is 0 Å². The molecular formula is C66H42N4. The van der Waals surface area contributed by atoms with Gasteiger partial charge in [-0.25, -0.2) is 19.9 Å². The summed E-state index contributed by atoms with van der Waals surface area (Å²) in [6.45, 7) is 0. The molecule has 2 aromatic heterocycles. The lowest BCUT2D eigenvalue weighted by atomic mass is 9.81. The molecule has 1 aliphatic rings. The quantitative estimate of drug-likeness (QED) is 0.145. The number of hydrogen-bond donors (Lipinski definition) is 0. The summed E-state index contributed by atoms with van der Waals surface area (Å²) in [6, 6.07) is 90.1. The molecule has 0 bridgehead atoms. The zero-order chi connectivity index (χ0) is 46.4. The zero-order valence-corrected chi connectivity index (χ0v) is 38.0. The van der Waals surface area contributed by atoms with E-state index < -0.39 is 0 Å². The second-order valence-corrected chi connectivity index (χ2v) is 17.7. The second kappa shape index (κ2) is 17.4. The van der Waals surface area contributed by atoms with Crippen LogP contribution in [0.2, 0.25) is 0 Å². The normalized spacial score (nSPS) is 11.4. The van der Waals surface area contributed by atoms with Crippen LogP contribution in [0.4, 0.5) is 0 Å². The largest absolute Gasteiger partial charge is 0.228 e. The Kier molecular flexibility index (Phi) is 10.1. The van der Waals surface area contributed by atoms with Crippen LogP contribution in [-0.4, -0.2) is 19.9 Å². The fourth-order valence-electron chi connectivity index (χ4n) is 10.2. The first kappa shape index (κ1) is 40.9. The minimum atomic E-state index is 0.656. The molecule has 0 saturated carbocycles. The molecule has 13 rings (SSSR count). The predicted octanol–water partition coefficient (Wildman–Crippen LogP) is 17.1. The van der Waals surface area contributed by atoms with Gasteiger partial charge in [0, 0.05) is 33.4 Å². The zero-order valence-electron chi connectivity index (χ0n) is 38.0. The van der Waals surface area contributed by atoms with Gasteiger partial charge in [0.05, 0.1) is 22.8 Å². The Morgan fingerprint density at radius 2 is 0.557 bits per heavy atom. The van der Waals surface area contributed by atoms with Gasteiger partial charge in [0.25, 0.3) is 0 Å². The molecular weight excluding hydrogens is 849 g/mol. The maximum Gasteiger partial charge on any atom is 0.160 e. The molecule has 2 heterocycles. The Hall–Kier alpha value is -9.38. The van der Waals surface area contributed by atoms with E-state index in [2.05, 4.69) is 206 Å². The maximum absolute atomic E-state index is 5.41. The standard InChI is InChI=1S/C66H42N4/c1-7-21-43(22-8-1)55-40-56(62(47-27-13-4-14-28-47)64-54-36-20-34-46-33-19-35-53(61(46)54)63(55)64)50-37-51(59-41-57(44-23-9-2-10-24-44)67-65(69-59)48-29-15-5-16-30-48)39-52(38-50)60-42-58(45-25-11-3-12-26-45)68-66(70-60)49-31-17-6-18-32-49/h1-42H. The monoisotopic (exact) mass is 890 g/mol. The first-order valence-electron chi connectivity index (χ1n) is 23.7. The van der Waals surface area contributed by atoms with Crippen LogP contribution in [0.3, 0.4) is 0 Å². The summed E-state index contributed by atoms with van der Waals surface area (Å²) in [4.78, 5) is 21.2. The first-order chi connectivity index (χ1) is 34.7. The SMILES string of the molecule is c1ccc(-c2cc(-c3cc(-c4cc(-c5ccccc5)nc(-c5ccccc5)n4)cc(-c4cc(-c5ccccc5)c5c(c4-c4ccccc4)-c4cccc6cccc-5c46)c3)nc(-c3ccccc3)n2)cc1. The van der Waals surface area contributed by atoms with Crippen LogP contribution in [0.5, 0.6) is 0 Å². The van der Waals surface area contributed by atoms with E-state index in [4.69, 9.17) is 19.9 Å². The Bertz CT molecular complexity index is 3630. The summed E-state index contributed by atoms with van der Waals surface area (Å²) >= 11 is 0. The third-order valence-corrected chi connectivity index (χ3v) is 13.4. The highest BCUT2D eigenvalue weighted by atomic mass is 14.9. The molecule has 12 aromatic rings. The smallest absolute Gasteiger partial charge is 0.160 e. The third kappa shape index (κ3) is 7.36. The Morgan fingerprint density at radius 3 is 1.01 bits per heavy atom. The number of fused-ring (bicyclic) bond motifs is 3. The molecule has 0 N–H and O–H groups in total. The first-order valence-corrected chi connectivity index (χ1v) is 23.7. The van der Waals surface area contributed by atoms with Gasteiger partial charge in [-0.15, -0.1) is 0 Å². The summed E-state index contributed by atoms with van der Waals surface area (Å²) < 4.78 is 0. The van der Waals surface area contributed by atoms with Crippen molar-refractivity contribution >= 4 is 10.8 Å². The summed E-state index contributed by atoms with van der Waals surface area (Å²) in [5.74, 6) is 1.31. The minimum Gasteiger partial charge on any atom is -0.228 e. The maximum atomic E-state index is 5.41. The van der Waals surface area contributed by atoms with E-state index in [-0.39, 0.29) is 0 Å². The molecule has 0 aliphatic heterocycles. The second-order valence-electron chi connectivity index (χ2n) is 17.7. The predicted molar refractivity (Wildman–Crippen MR) is 288 cm³/mol. The van der Waals surface area contributed by atoms with Crippen molar-refractivity contribution in [3.63, 3.8) is 0 Å². The molecule has 70 heavy (non-hydrogen) atoms. The van der Waals surface area contributed by atoms with Gasteiger partial charge in [-0.3, -0.25) is 0 Å². The number of aromatic nitrogens is 4. The molecule has 10 aromatic carbocycles. The van der Waals surface area contributed by atoms with Gasteiger partial charge in [-0.05, 0) is 103 Å². The van der Waals surface area contributed by atoms with Crippen LogP contribution in [0.25, 0.3) is 134 Å². The molecule has 1 aliphatic carbocycles. The van der Waals surface area contributed by atoms with Crippen molar-refractivity contribution in [2.24, 2.45) is 0 Å². The number of rotatable bonds is 9. The van der Waals surface area contributed by atoms with Crippen LogP contribution in [0.15, 0.2) is 255 Å². The third-order valence-electron chi connectivity index (χ3n) is 13.4. The summed E-state index contributed by atoms with van der Waals surface area (Å²) in [5.41, 5.74) is 20.9. The molecule has 0 amide bonds. The highest BCUT2D eigenvalue weighted by Gasteiger charge is 2.30. The van der Waals surface area contributed by atoms with Crippen LogP contribution >= 0.6 is 0 Å². The van der Waals surface area contributed by atoms with Crippen LogP contribution < -0.4 is 0 Å². The van der Waals surface area contributed by atoms with E-state index in [9.17, 15) is 0 Å². The summed E-state index contributed by atoms with van der Waals surface area (Å²) in [5, 5.41) is 2.51. The van der Waals surface area contributed by atoms with E-state index in [0.29, 0.717) is 11.6 Å². The molecule has 0 unspecified atom stereocenters. The van der Waals surface area contributed by atoms with Gasteiger partial charge >= 0.3 is 0 Å². The lowest BCUT2D eigenvalue weighted by Gasteiger charge is -2.22. The van der Waals surface area contributed by atoms with E-state index in [1.54, 1.807) is 0 Å². The minimum absolute atomic E-state index is 0.656. The van der Waals surface area contributed by atoms with Crippen molar-refractivity contribution < 1.29 is 0 Å². The lowest BCUT2D eigenvalue weighted by molar-refractivity contribution is 1.18. The van der Waals surface area contributed by atoms with E-state index >= 15 is 0 Å². The molecule has 0 fully saturated rings. The van der Waals surface area contributed by atoms with Gasteiger partial charge in [0.15, 0.2) is 11.6 Å². The van der Waals surface area contributed by atoms with E-state index in [1.807, 2.05) is 48.5 Å². The van der Waals surface area contributed by atoms with Crippen molar-refractivity contribution in [2.45, 2.75) is 0 Å². The van der Waals surface area contributed by atoms with Crippen LogP contribution in [-0.2, 0) is 0 Å². The summed E-state index contributed by atoms with van der Waals surface area (Å²) in [6.07, 6.45) is 0. The molecule has 0 radical (unpaired) electrons. The summed E-state index contributed by atoms with van der Waals surface area (Å²) in [7, 11) is 0. The molecule has 326 valence electrons. The Balaban J connectivity index is 1.15. The Labute approximate surface area is 407 Å². The highest BCUT2D eigenvalue weighted by Crippen LogP contribution is 2.57. The lowest BCUT2D eigenvalue weighted by Crippen LogP contribution is -1.99. The average Bonchev–Trinajstić information content (AvgIpc) is 3.79. The number of nitrogens with zero attached hydrogens (tertiary/aromatic N) is 4. The molecule has 0 spiro atoms. The number of benzene rings is 10. The van der Waals surface area contributed by atoms with Crippen molar-refractivity contribution in [1.29, 1.82) is 0 Å². The fourth-order valence-corrected chi connectivity index (χ4v) is 10.2. The van der Waals surface area contributed by atoms with Crippen molar-refractivity contribution in [3.8, 4) is 123 Å².